The molecule has 128 valence electrons. The van der Waals surface area contributed by atoms with Gasteiger partial charge in [0.1, 0.15) is 0 Å². The molecule has 1 heterocycles. The minimum atomic E-state index is -3.20. The number of hydrogen-bond acceptors (Lipinski definition) is 3. The zero-order chi connectivity index (χ0) is 17.0. The van der Waals surface area contributed by atoms with E-state index in [9.17, 15) is 13.2 Å². The van der Waals surface area contributed by atoms with Gasteiger partial charge in [-0.15, -0.1) is 0 Å². The molecule has 1 aromatic rings. The number of anilines is 1. The van der Waals surface area contributed by atoms with E-state index in [0.29, 0.717) is 11.6 Å². The molecule has 2 N–H and O–H groups in total. The van der Waals surface area contributed by atoms with Crippen LogP contribution in [0.1, 0.15) is 32.3 Å². The van der Waals surface area contributed by atoms with E-state index in [1.54, 1.807) is 24.3 Å². The minimum absolute atomic E-state index is 0.0777. The molecule has 7 heteroatoms. The van der Waals surface area contributed by atoms with Crippen LogP contribution < -0.4 is 10.0 Å². The molecular formula is C16H25N3O3S. The minimum Gasteiger partial charge on any atom is -0.322 e. The Morgan fingerprint density at radius 3 is 2.52 bits per heavy atom. The van der Waals surface area contributed by atoms with Crippen molar-refractivity contribution in [3.63, 3.8) is 0 Å². The molecule has 2 atom stereocenters. The molecule has 1 aromatic carbocycles. The van der Waals surface area contributed by atoms with E-state index in [0.717, 1.165) is 31.2 Å². The first-order chi connectivity index (χ1) is 10.8. The number of amides is 2. The molecule has 0 unspecified atom stereocenters. The van der Waals surface area contributed by atoms with Gasteiger partial charge in [-0.05, 0) is 43.4 Å². The lowest BCUT2D eigenvalue weighted by atomic mass is 9.92. The standard InChI is InChI=1S/C16H25N3O3S/c1-12-5-4-10-19(13(12)2)16(20)18-15-8-6-14(7-9-15)11-17-23(3,21)22/h6-9,12-13,17H,4-5,10-11H2,1-3H3,(H,18,20)/t12-,13-/m0/s1. The second kappa shape index (κ2) is 7.31. The molecule has 1 saturated heterocycles. The lowest BCUT2D eigenvalue weighted by molar-refractivity contribution is 0.139. The van der Waals surface area contributed by atoms with Crippen LogP contribution in [0, 0.1) is 5.92 Å². The topological polar surface area (TPSA) is 78.5 Å². The summed E-state index contributed by atoms with van der Waals surface area (Å²) in [6.07, 6.45) is 3.32. The van der Waals surface area contributed by atoms with Crippen molar-refractivity contribution in [1.82, 2.24) is 9.62 Å². The van der Waals surface area contributed by atoms with Crippen LogP contribution in [-0.2, 0) is 16.6 Å². The fourth-order valence-corrected chi connectivity index (χ4v) is 3.17. The number of rotatable bonds is 4. The summed E-state index contributed by atoms with van der Waals surface area (Å²) in [4.78, 5) is 14.3. The smallest absolute Gasteiger partial charge is 0.322 e. The maximum atomic E-state index is 12.4. The van der Waals surface area contributed by atoms with Gasteiger partial charge in [0.15, 0.2) is 0 Å². The van der Waals surface area contributed by atoms with Crippen molar-refractivity contribution in [2.75, 3.05) is 18.1 Å². The van der Waals surface area contributed by atoms with Gasteiger partial charge in [-0.25, -0.2) is 17.9 Å². The van der Waals surface area contributed by atoms with Crippen LogP contribution >= 0.6 is 0 Å². The quantitative estimate of drug-likeness (QED) is 0.884. The largest absolute Gasteiger partial charge is 0.322 e. The predicted octanol–water partition coefficient (Wildman–Crippen LogP) is 2.39. The molecule has 0 radical (unpaired) electrons. The van der Waals surface area contributed by atoms with Gasteiger partial charge in [-0.1, -0.05) is 19.1 Å². The molecule has 0 spiro atoms. The van der Waals surface area contributed by atoms with Gasteiger partial charge in [-0.2, -0.15) is 0 Å². The Bertz CT molecular complexity index is 643. The normalized spacial score (nSPS) is 22.0. The Morgan fingerprint density at radius 2 is 1.91 bits per heavy atom. The van der Waals surface area contributed by atoms with E-state index in [-0.39, 0.29) is 18.6 Å². The summed E-state index contributed by atoms with van der Waals surface area (Å²) in [5.74, 6) is 0.513. The van der Waals surface area contributed by atoms with E-state index in [1.165, 1.54) is 0 Å². The van der Waals surface area contributed by atoms with E-state index >= 15 is 0 Å². The molecule has 6 nitrogen and oxygen atoms in total. The Balaban J connectivity index is 1.94. The predicted molar refractivity (Wildman–Crippen MR) is 91.7 cm³/mol. The van der Waals surface area contributed by atoms with E-state index in [4.69, 9.17) is 0 Å². The van der Waals surface area contributed by atoms with Crippen LogP contribution in [0.4, 0.5) is 10.5 Å². The van der Waals surface area contributed by atoms with Crippen molar-refractivity contribution in [3.05, 3.63) is 29.8 Å². The lowest BCUT2D eigenvalue weighted by Crippen LogP contribution is -2.47. The van der Waals surface area contributed by atoms with Crippen LogP contribution in [-0.4, -0.2) is 38.2 Å². The zero-order valence-corrected chi connectivity index (χ0v) is 14.7. The maximum absolute atomic E-state index is 12.4. The van der Waals surface area contributed by atoms with Crippen molar-refractivity contribution in [3.8, 4) is 0 Å². The third-order valence-corrected chi connectivity index (χ3v) is 5.05. The van der Waals surface area contributed by atoms with E-state index in [2.05, 4.69) is 23.9 Å². The van der Waals surface area contributed by atoms with Crippen LogP contribution in [0.5, 0.6) is 0 Å². The van der Waals surface area contributed by atoms with Gasteiger partial charge in [0, 0.05) is 24.8 Å². The first-order valence-electron chi connectivity index (χ1n) is 7.87. The summed E-state index contributed by atoms with van der Waals surface area (Å²) in [5, 5.41) is 2.91. The van der Waals surface area contributed by atoms with Crippen molar-refractivity contribution < 1.29 is 13.2 Å². The Hall–Kier alpha value is -1.60. The van der Waals surface area contributed by atoms with Gasteiger partial charge in [-0.3, -0.25) is 0 Å². The average molecular weight is 339 g/mol. The molecule has 2 amide bonds. The Morgan fingerprint density at radius 1 is 1.26 bits per heavy atom. The van der Waals surface area contributed by atoms with Crippen molar-refractivity contribution in [2.45, 2.75) is 39.3 Å². The SMILES string of the molecule is C[C@H]1CCCN(C(=O)Nc2ccc(CNS(C)(=O)=O)cc2)[C@H]1C. The number of nitrogens with one attached hydrogen (secondary N) is 2. The lowest BCUT2D eigenvalue weighted by Gasteiger charge is -2.37. The second-order valence-corrected chi connectivity index (χ2v) is 8.11. The first kappa shape index (κ1) is 17.7. The van der Waals surface area contributed by atoms with Gasteiger partial charge in [0.2, 0.25) is 10.0 Å². The summed E-state index contributed by atoms with van der Waals surface area (Å²) in [6, 6.07) is 7.34. The Labute approximate surface area is 138 Å². The summed E-state index contributed by atoms with van der Waals surface area (Å²) in [5.41, 5.74) is 1.55. The zero-order valence-electron chi connectivity index (χ0n) is 13.9. The number of carbonyl (C=O) groups excluding carboxylic acids is 1. The number of hydrogen-bond donors (Lipinski definition) is 2. The summed E-state index contributed by atoms with van der Waals surface area (Å²) in [7, 11) is -3.20. The summed E-state index contributed by atoms with van der Waals surface area (Å²) >= 11 is 0. The second-order valence-electron chi connectivity index (χ2n) is 6.27. The van der Waals surface area contributed by atoms with Crippen molar-refractivity contribution in [1.29, 1.82) is 0 Å². The van der Waals surface area contributed by atoms with Gasteiger partial charge in [0.05, 0.1) is 6.26 Å². The molecule has 0 aliphatic carbocycles. The maximum Gasteiger partial charge on any atom is 0.322 e. The average Bonchev–Trinajstić information content (AvgIpc) is 2.48. The highest BCUT2D eigenvalue weighted by atomic mass is 32.2. The number of carbonyl (C=O) groups is 1. The Kier molecular flexibility index (Phi) is 5.64. The highest BCUT2D eigenvalue weighted by Crippen LogP contribution is 2.23. The fraction of sp³-hybridized carbons (Fsp3) is 0.562. The molecule has 0 aromatic heterocycles. The van der Waals surface area contributed by atoms with Crippen molar-refractivity contribution in [2.24, 2.45) is 5.92 Å². The molecule has 1 aliphatic rings. The monoisotopic (exact) mass is 339 g/mol. The number of benzene rings is 1. The van der Waals surface area contributed by atoms with E-state index in [1.807, 2.05) is 4.90 Å². The number of likely N-dealkylation sites (tertiary alicyclic amines) is 1. The molecule has 1 fully saturated rings. The van der Waals surface area contributed by atoms with Crippen LogP contribution in [0.25, 0.3) is 0 Å². The van der Waals surface area contributed by atoms with Crippen LogP contribution in [0.15, 0.2) is 24.3 Å². The van der Waals surface area contributed by atoms with Gasteiger partial charge < -0.3 is 10.2 Å². The fourth-order valence-electron chi connectivity index (χ4n) is 2.74. The molecule has 0 saturated carbocycles. The summed E-state index contributed by atoms with van der Waals surface area (Å²) in [6.45, 7) is 5.29. The molecule has 2 rings (SSSR count). The highest BCUT2D eigenvalue weighted by molar-refractivity contribution is 7.88. The molecule has 23 heavy (non-hydrogen) atoms. The highest BCUT2D eigenvalue weighted by Gasteiger charge is 2.28. The molecule has 0 bridgehead atoms. The summed E-state index contributed by atoms with van der Waals surface area (Å²) < 4.78 is 24.6. The van der Waals surface area contributed by atoms with Gasteiger partial charge in [0.25, 0.3) is 0 Å². The van der Waals surface area contributed by atoms with Gasteiger partial charge >= 0.3 is 6.03 Å². The third-order valence-electron chi connectivity index (χ3n) is 4.38. The molecule has 1 aliphatic heterocycles. The number of piperidine rings is 1. The number of urea groups is 1. The number of nitrogens with zero attached hydrogens (tertiary/aromatic N) is 1. The third kappa shape index (κ3) is 5.21. The van der Waals surface area contributed by atoms with Crippen molar-refractivity contribution >= 4 is 21.7 Å². The number of sulfonamides is 1. The molecular weight excluding hydrogens is 314 g/mol. The van der Waals surface area contributed by atoms with Crippen LogP contribution in [0.2, 0.25) is 0 Å². The van der Waals surface area contributed by atoms with Crippen LogP contribution in [0.3, 0.4) is 0 Å². The first-order valence-corrected chi connectivity index (χ1v) is 9.76. The van der Waals surface area contributed by atoms with E-state index < -0.39 is 10.0 Å².